The second-order valence-electron chi connectivity index (χ2n) is 3.04. The number of ketones is 1. The third-order valence-electron chi connectivity index (χ3n) is 2.20. The molecule has 2 nitrogen and oxygen atoms in total. The number of hydrogen-bond donors (Lipinski definition) is 0. The van der Waals surface area contributed by atoms with Crippen molar-refractivity contribution in [1.29, 1.82) is 0 Å². The van der Waals surface area contributed by atoms with Crippen molar-refractivity contribution in [2.24, 2.45) is 0 Å². The lowest BCUT2D eigenvalue weighted by Gasteiger charge is -2.07. The number of ether oxygens (including phenoxy) is 1. The van der Waals surface area contributed by atoms with Crippen LogP contribution in [0.4, 0.5) is 0 Å². The van der Waals surface area contributed by atoms with Gasteiger partial charge in [0.25, 0.3) is 0 Å². The monoisotopic (exact) mass is 162 g/mol. The van der Waals surface area contributed by atoms with Crippen LogP contribution < -0.4 is 0 Å². The van der Waals surface area contributed by atoms with Gasteiger partial charge in [0, 0.05) is 5.57 Å². The Hall–Kier alpha value is -1.31. The Morgan fingerprint density at radius 3 is 2.92 bits per heavy atom. The maximum absolute atomic E-state index is 11.4. The molecule has 62 valence electrons. The molecule has 2 heteroatoms. The Balaban J connectivity index is 2.54. The van der Waals surface area contributed by atoms with Gasteiger partial charge >= 0.3 is 0 Å². The topological polar surface area (TPSA) is 26.3 Å². The molecule has 1 atom stereocenters. The Labute approximate surface area is 71.2 Å². The van der Waals surface area contributed by atoms with Gasteiger partial charge in [-0.25, -0.2) is 0 Å². The van der Waals surface area contributed by atoms with Gasteiger partial charge in [0.05, 0.1) is 5.57 Å². The van der Waals surface area contributed by atoms with Gasteiger partial charge in [-0.15, -0.1) is 0 Å². The molecule has 1 heterocycles. The standard InChI is InChI=1S/C10H10O2/c1-6-8-4-3-5-9(11)10(8)7(2)12-6/h3-6H,1-2H3. The van der Waals surface area contributed by atoms with Crippen molar-refractivity contribution in [3.63, 3.8) is 0 Å². The molecule has 0 spiro atoms. The van der Waals surface area contributed by atoms with E-state index in [2.05, 4.69) is 0 Å². The highest BCUT2D eigenvalue weighted by Gasteiger charge is 2.30. The first-order valence-corrected chi connectivity index (χ1v) is 4.00. The van der Waals surface area contributed by atoms with Gasteiger partial charge in [-0.3, -0.25) is 4.79 Å². The molecule has 1 unspecified atom stereocenters. The van der Waals surface area contributed by atoms with Crippen molar-refractivity contribution in [3.05, 3.63) is 35.1 Å². The van der Waals surface area contributed by atoms with Crippen molar-refractivity contribution in [2.75, 3.05) is 0 Å². The summed E-state index contributed by atoms with van der Waals surface area (Å²) in [6.07, 6.45) is 5.33. The van der Waals surface area contributed by atoms with Crippen molar-refractivity contribution in [3.8, 4) is 0 Å². The lowest BCUT2D eigenvalue weighted by molar-refractivity contribution is -0.111. The van der Waals surface area contributed by atoms with Crippen LogP contribution in [-0.4, -0.2) is 11.9 Å². The lowest BCUT2D eigenvalue weighted by Crippen LogP contribution is -2.09. The van der Waals surface area contributed by atoms with E-state index in [0.29, 0.717) is 0 Å². The largest absolute Gasteiger partial charge is 0.490 e. The van der Waals surface area contributed by atoms with E-state index in [1.807, 2.05) is 19.9 Å². The normalized spacial score (nSPS) is 27.0. The number of carbonyl (C=O) groups is 1. The molecule has 0 aromatic rings. The van der Waals surface area contributed by atoms with E-state index < -0.39 is 0 Å². The quantitative estimate of drug-likeness (QED) is 0.542. The number of fused-ring (bicyclic) bond motifs is 1. The van der Waals surface area contributed by atoms with Crippen LogP contribution in [-0.2, 0) is 9.53 Å². The van der Waals surface area contributed by atoms with Crippen LogP contribution in [0.15, 0.2) is 35.1 Å². The summed E-state index contributed by atoms with van der Waals surface area (Å²) >= 11 is 0. The van der Waals surface area contributed by atoms with Gasteiger partial charge in [-0.2, -0.15) is 0 Å². The first-order chi connectivity index (χ1) is 5.70. The fourth-order valence-corrected chi connectivity index (χ4v) is 1.65. The van der Waals surface area contributed by atoms with Crippen LogP contribution in [0.5, 0.6) is 0 Å². The van der Waals surface area contributed by atoms with E-state index in [4.69, 9.17) is 4.74 Å². The highest BCUT2D eigenvalue weighted by molar-refractivity contribution is 6.09. The summed E-state index contributed by atoms with van der Waals surface area (Å²) in [5.74, 6) is 0.817. The molecule has 0 amide bonds. The summed E-state index contributed by atoms with van der Waals surface area (Å²) in [6, 6.07) is 0. The average Bonchev–Trinajstić information content (AvgIpc) is 2.29. The third-order valence-corrected chi connectivity index (χ3v) is 2.20. The number of hydrogen-bond acceptors (Lipinski definition) is 2. The fourth-order valence-electron chi connectivity index (χ4n) is 1.65. The summed E-state index contributed by atoms with van der Waals surface area (Å²) in [5.41, 5.74) is 1.77. The summed E-state index contributed by atoms with van der Waals surface area (Å²) in [5, 5.41) is 0. The Morgan fingerprint density at radius 1 is 1.50 bits per heavy atom. The van der Waals surface area contributed by atoms with Gasteiger partial charge in [0.1, 0.15) is 11.9 Å². The van der Waals surface area contributed by atoms with Crippen molar-refractivity contribution < 1.29 is 9.53 Å². The Kier molecular flexibility index (Phi) is 1.43. The van der Waals surface area contributed by atoms with E-state index >= 15 is 0 Å². The van der Waals surface area contributed by atoms with Crippen LogP contribution in [0.25, 0.3) is 0 Å². The van der Waals surface area contributed by atoms with Gasteiger partial charge in [-0.05, 0) is 19.9 Å². The van der Waals surface area contributed by atoms with Crippen molar-refractivity contribution >= 4 is 5.78 Å². The predicted octanol–water partition coefficient (Wildman–Crippen LogP) is 1.74. The fraction of sp³-hybridized carbons (Fsp3) is 0.300. The maximum Gasteiger partial charge on any atom is 0.189 e. The predicted molar refractivity (Wildman–Crippen MR) is 45.5 cm³/mol. The second kappa shape index (κ2) is 2.34. The molecular weight excluding hydrogens is 152 g/mol. The molecule has 2 aliphatic rings. The lowest BCUT2D eigenvalue weighted by atomic mass is 9.95. The SMILES string of the molecule is CC1=C2C(=O)C=CC=C2C(C)O1. The van der Waals surface area contributed by atoms with Crippen LogP contribution in [0.2, 0.25) is 0 Å². The molecular formula is C10H10O2. The molecule has 0 aromatic carbocycles. The van der Waals surface area contributed by atoms with E-state index in [9.17, 15) is 4.79 Å². The van der Waals surface area contributed by atoms with E-state index in [-0.39, 0.29) is 11.9 Å². The van der Waals surface area contributed by atoms with Crippen molar-refractivity contribution in [2.45, 2.75) is 20.0 Å². The van der Waals surface area contributed by atoms with Crippen LogP contribution in [0, 0.1) is 0 Å². The van der Waals surface area contributed by atoms with Gasteiger partial charge in [-0.1, -0.05) is 12.2 Å². The maximum atomic E-state index is 11.4. The molecule has 2 rings (SSSR count). The molecule has 1 aliphatic heterocycles. The Morgan fingerprint density at radius 2 is 2.25 bits per heavy atom. The van der Waals surface area contributed by atoms with Gasteiger partial charge in [0.2, 0.25) is 0 Å². The zero-order valence-electron chi connectivity index (χ0n) is 7.13. The summed E-state index contributed by atoms with van der Waals surface area (Å²) in [4.78, 5) is 11.4. The zero-order chi connectivity index (χ0) is 8.72. The molecule has 0 saturated heterocycles. The van der Waals surface area contributed by atoms with Crippen LogP contribution in [0.1, 0.15) is 13.8 Å². The minimum atomic E-state index is 0.0360. The highest BCUT2D eigenvalue weighted by Crippen LogP contribution is 2.32. The minimum Gasteiger partial charge on any atom is -0.490 e. The molecule has 0 saturated carbocycles. The zero-order valence-corrected chi connectivity index (χ0v) is 7.13. The minimum absolute atomic E-state index is 0.0360. The average molecular weight is 162 g/mol. The molecule has 0 fully saturated rings. The van der Waals surface area contributed by atoms with E-state index in [1.54, 1.807) is 12.2 Å². The molecule has 0 aromatic heterocycles. The molecule has 0 bridgehead atoms. The Bertz CT molecular complexity index is 332. The molecule has 12 heavy (non-hydrogen) atoms. The molecule has 0 radical (unpaired) electrons. The second-order valence-corrected chi connectivity index (χ2v) is 3.04. The highest BCUT2D eigenvalue weighted by atomic mass is 16.5. The summed E-state index contributed by atoms with van der Waals surface area (Å²) < 4.78 is 5.43. The first-order valence-electron chi connectivity index (χ1n) is 4.00. The van der Waals surface area contributed by atoms with E-state index in [1.165, 1.54) is 0 Å². The molecule has 0 N–H and O–H groups in total. The van der Waals surface area contributed by atoms with Gasteiger partial charge < -0.3 is 4.74 Å². The van der Waals surface area contributed by atoms with Crippen LogP contribution >= 0.6 is 0 Å². The van der Waals surface area contributed by atoms with Gasteiger partial charge in [0.15, 0.2) is 5.78 Å². The van der Waals surface area contributed by atoms with E-state index in [0.717, 1.165) is 16.9 Å². The summed E-state index contributed by atoms with van der Waals surface area (Å²) in [6.45, 7) is 3.79. The summed E-state index contributed by atoms with van der Waals surface area (Å²) in [7, 11) is 0. The third kappa shape index (κ3) is 0.843. The van der Waals surface area contributed by atoms with Crippen LogP contribution in [0.3, 0.4) is 0 Å². The number of allylic oxidation sites excluding steroid dienone is 4. The first kappa shape index (κ1) is 7.35. The smallest absolute Gasteiger partial charge is 0.189 e. The number of carbonyl (C=O) groups excluding carboxylic acids is 1. The van der Waals surface area contributed by atoms with Crippen molar-refractivity contribution in [1.82, 2.24) is 0 Å². The number of rotatable bonds is 0. The molecule has 1 aliphatic carbocycles.